The van der Waals surface area contributed by atoms with Crippen LogP contribution in [0, 0.1) is 0 Å². The second-order valence-corrected chi connectivity index (χ2v) is 6.99. The lowest BCUT2D eigenvalue weighted by Crippen LogP contribution is -2.42. The van der Waals surface area contributed by atoms with E-state index in [0.29, 0.717) is 6.61 Å². The lowest BCUT2D eigenvalue weighted by molar-refractivity contribution is 0.259. The Labute approximate surface area is 124 Å². The van der Waals surface area contributed by atoms with E-state index in [1.807, 2.05) is 18.2 Å². The molecule has 0 fully saturated rings. The zero-order chi connectivity index (χ0) is 14.4. The first-order valence-corrected chi connectivity index (χ1v) is 8.98. The second-order valence-electron chi connectivity index (χ2n) is 5.21. The molecule has 4 heteroatoms. The van der Waals surface area contributed by atoms with Crippen molar-refractivity contribution in [1.82, 2.24) is 5.32 Å². The number of rotatable bonds is 7. The van der Waals surface area contributed by atoms with Gasteiger partial charge in [0.2, 0.25) is 0 Å². The van der Waals surface area contributed by atoms with Crippen LogP contribution in [0.5, 0.6) is 5.75 Å². The first-order chi connectivity index (χ1) is 9.77. The number of unbranched alkanes of at least 4 members (excludes halogenated alkanes) is 2. The van der Waals surface area contributed by atoms with E-state index in [4.69, 9.17) is 4.74 Å². The predicted molar refractivity (Wildman–Crippen MR) is 84.7 cm³/mol. The maximum atomic E-state index is 12.6. The molecule has 112 valence electrons. The van der Waals surface area contributed by atoms with Crippen LogP contribution in [0.25, 0.3) is 0 Å². The third-order valence-corrected chi connectivity index (χ3v) is 5.51. The molecule has 1 N–H and O–H groups in total. The average molecular weight is 295 g/mol. The normalized spacial score (nSPS) is 22.9. The largest absolute Gasteiger partial charge is 0.492 e. The van der Waals surface area contributed by atoms with Gasteiger partial charge in [0.25, 0.3) is 0 Å². The molecule has 3 atom stereocenters. The Kier molecular flexibility index (Phi) is 6.05. The first-order valence-electron chi connectivity index (χ1n) is 7.60. The van der Waals surface area contributed by atoms with Crippen molar-refractivity contribution in [3.8, 4) is 5.75 Å². The Morgan fingerprint density at radius 1 is 1.30 bits per heavy atom. The molecule has 0 radical (unpaired) electrons. The van der Waals surface area contributed by atoms with Crippen molar-refractivity contribution in [2.24, 2.45) is 0 Å². The molecule has 1 aromatic carbocycles. The molecule has 0 bridgehead atoms. The first kappa shape index (κ1) is 15.5. The van der Waals surface area contributed by atoms with Crippen LogP contribution in [0.3, 0.4) is 0 Å². The Bertz CT molecular complexity index is 450. The number of nitrogens with one attached hydrogen (secondary N) is 1. The summed E-state index contributed by atoms with van der Waals surface area (Å²) in [6, 6.07) is 8.23. The molecule has 1 aromatic rings. The highest BCUT2D eigenvalue weighted by atomic mass is 32.2. The van der Waals surface area contributed by atoms with Crippen molar-refractivity contribution in [3.05, 3.63) is 29.8 Å². The molecule has 0 saturated heterocycles. The predicted octanol–water partition coefficient (Wildman–Crippen LogP) is 3.04. The number of para-hydroxylation sites is 1. The zero-order valence-corrected chi connectivity index (χ0v) is 13.2. The van der Waals surface area contributed by atoms with E-state index in [9.17, 15) is 4.21 Å². The maximum absolute atomic E-state index is 12.6. The quantitative estimate of drug-likeness (QED) is 0.786. The highest BCUT2D eigenvalue weighted by molar-refractivity contribution is 7.85. The van der Waals surface area contributed by atoms with Gasteiger partial charge in [-0.15, -0.1) is 0 Å². The molecule has 0 aromatic heterocycles. The van der Waals surface area contributed by atoms with E-state index < -0.39 is 10.8 Å². The Morgan fingerprint density at radius 2 is 2.10 bits per heavy atom. The molecule has 1 heterocycles. The summed E-state index contributed by atoms with van der Waals surface area (Å²) in [6.07, 6.45) is 3.36. The second kappa shape index (κ2) is 7.79. The summed E-state index contributed by atoms with van der Waals surface area (Å²) in [6.45, 7) is 5.69. The summed E-state index contributed by atoms with van der Waals surface area (Å²) in [4.78, 5) is 0. The number of fused-ring (bicyclic) bond motifs is 1. The van der Waals surface area contributed by atoms with Gasteiger partial charge < -0.3 is 10.1 Å². The van der Waals surface area contributed by atoms with Crippen LogP contribution in [0.1, 0.15) is 44.7 Å². The average Bonchev–Trinajstić information content (AvgIpc) is 2.48. The third-order valence-electron chi connectivity index (χ3n) is 3.74. The Hall–Kier alpha value is -0.870. The third kappa shape index (κ3) is 3.61. The van der Waals surface area contributed by atoms with Crippen LogP contribution < -0.4 is 10.1 Å². The molecule has 20 heavy (non-hydrogen) atoms. The molecule has 0 amide bonds. The van der Waals surface area contributed by atoms with Gasteiger partial charge in [-0.2, -0.15) is 0 Å². The van der Waals surface area contributed by atoms with Gasteiger partial charge in [-0.3, -0.25) is 4.21 Å². The van der Waals surface area contributed by atoms with Crippen molar-refractivity contribution in [3.63, 3.8) is 0 Å². The molecule has 3 unspecified atom stereocenters. The zero-order valence-electron chi connectivity index (χ0n) is 12.4. The van der Waals surface area contributed by atoms with E-state index in [1.165, 1.54) is 0 Å². The lowest BCUT2D eigenvalue weighted by Gasteiger charge is -2.33. The van der Waals surface area contributed by atoms with E-state index >= 15 is 0 Å². The van der Waals surface area contributed by atoms with Crippen molar-refractivity contribution < 1.29 is 8.95 Å². The molecule has 2 rings (SSSR count). The van der Waals surface area contributed by atoms with Gasteiger partial charge in [-0.1, -0.05) is 44.9 Å². The van der Waals surface area contributed by atoms with Gasteiger partial charge in [0.15, 0.2) is 0 Å². The van der Waals surface area contributed by atoms with Crippen LogP contribution in [0.15, 0.2) is 24.3 Å². The van der Waals surface area contributed by atoms with Gasteiger partial charge in [-0.05, 0) is 19.0 Å². The SMILES string of the molecule is CCCCCS(=O)C1COc2ccccc2C1NCC. The molecule has 3 nitrogen and oxygen atoms in total. The van der Waals surface area contributed by atoms with Crippen molar-refractivity contribution in [2.75, 3.05) is 18.9 Å². The van der Waals surface area contributed by atoms with E-state index in [1.54, 1.807) is 0 Å². The summed E-state index contributed by atoms with van der Waals surface area (Å²) < 4.78 is 18.4. The van der Waals surface area contributed by atoms with Gasteiger partial charge in [-0.25, -0.2) is 0 Å². The molecule has 1 aliphatic rings. The molecular weight excluding hydrogens is 270 g/mol. The van der Waals surface area contributed by atoms with Gasteiger partial charge in [0.05, 0.1) is 11.3 Å². The van der Waals surface area contributed by atoms with Crippen LogP contribution >= 0.6 is 0 Å². The van der Waals surface area contributed by atoms with E-state index in [-0.39, 0.29) is 11.3 Å². The number of hydrogen-bond donors (Lipinski definition) is 1. The fourth-order valence-corrected chi connectivity index (χ4v) is 4.23. The minimum Gasteiger partial charge on any atom is -0.492 e. The monoisotopic (exact) mass is 295 g/mol. The summed E-state index contributed by atoms with van der Waals surface area (Å²) in [5.74, 6) is 1.71. The van der Waals surface area contributed by atoms with E-state index in [2.05, 4.69) is 25.2 Å². The number of hydrogen-bond acceptors (Lipinski definition) is 3. The summed E-state index contributed by atoms with van der Waals surface area (Å²) in [5.41, 5.74) is 1.15. The molecule has 0 aliphatic carbocycles. The molecule has 0 saturated carbocycles. The number of benzene rings is 1. The minimum absolute atomic E-state index is 0.0571. The van der Waals surface area contributed by atoms with Gasteiger partial charge >= 0.3 is 0 Å². The highest BCUT2D eigenvalue weighted by Gasteiger charge is 2.33. The minimum atomic E-state index is -0.834. The summed E-state index contributed by atoms with van der Waals surface area (Å²) in [5, 5.41) is 3.55. The maximum Gasteiger partial charge on any atom is 0.124 e. The fourth-order valence-electron chi connectivity index (χ4n) is 2.67. The molecule has 1 aliphatic heterocycles. The molecular formula is C16H25NO2S. The van der Waals surface area contributed by atoms with Gasteiger partial charge in [0, 0.05) is 22.1 Å². The van der Waals surface area contributed by atoms with Crippen LogP contribution in [-0.4, -0.2) is 28.4 Å². The topological polar surface area (TPSA) is 38.3 Å². The van der Waals surface area contributed by atoms with Crippen LogP contribution in [-0.2, 0) is 10.8 Å². The van der Waals surface area contributed by atoms with Gasteiger partial charge in [0.1, 0.15) is 12.4 Å². The highest BCUT2D eigenvalue weighted by Crippen LogP contribution is 2.34. The van der Waals surface area contributed by atoms with Crippen molar-refractivity contribution in [2.45, 2.75) is 44.4 Å². The van der Waals surface area contributed by atoms with Crippen LogP contribution in [0.4, 0.5) is 0 Å². The smallest absolute Gasteiger partial charge is 0.124 e. The summed E-state index contributed by atoms with van der Waals surface area (Å²) >= 11 is 0. The van der Waals surface area contributed by atoms with E-state index in [0.717, 1.165) is 42.9 Å². The standard InChI is InChI=1S/C16H25NO2S/c1-3-5-8-11-20(18)15-12-19-14-10-7-6-9-13(14)16(15)17-4-2/h6-7,9-10,15-17H,3-5,8,11-12H2,1-2H3. The Balaban J connectivity index is 2.11. The van der Waals surface area contributed by atoms with Crippen LogP contribution in [0.2, 0.25) is 0 Å². The fraction of sp³-hybridized carbons (Fsp3) is 0.625. The Morgan fingerprint density at radius 3 is 2.85 bits per heavy atom. The molecule has 0 spiro atoms. The lowest BCUT2D eigenvalue weighted by atomic mass is 10.0. The van der Waals surface area contributed by atoms with Crippen molar-refractivity contribution in [1.29, 1.82) is 0 Å². The summed E-state index contributed by atoms with van der Waals surface area (Å²) in [7, 11) is -0.834. The van der Waals surface area contributed by atoms with Crippen molar-refractivity contribution >= 4 is 10.8 Å². The number of ether oxygens (including phenoxy) is 1.